The van der Waals surface area contributed by atoms with Crippen LogP contribution in [0.5, 0.6) is 0 Å². The van der Waals surface area contributed by atoms with Crippen LogP contribution < -0.4 is 0 Å². The minimum atomic E-state index is 0.788. The molecule has 0 unspecified atom stereocenters. The van der Waals surface area contributed by atoms with E-state index in [-0.39, 0.29) is 0 Å². The van der Waals surface area contributed by atoms with Gasteiger partial charge < -0.3 is 0 Å². The second-order valence-electron chi connectivity index (χ2n) is 6.53. The highest BCUT2D eigenvalue weighted by Gasteiger charge is 2.13. The van der Waals surface area contributed by atoms with E-state index in [0.29, 0.717) is 0 Å². The SMILES string of the molecule is Cc1cccc(CSc2nc3cccnc3n2Cc2ccccc2C)c1. The van der Waals surface area contributed by atoms with Crippen LogP contribution in [0.3, 0.4) is 0 Å². The number of aryl methyl sites for hydroxylation is 2. The van der Waals surface area contributed by atoms with Crippen molar-refractivity contribution in [2.75, 3.05) is 0 Å². The van der Waals surface area contributed by atoms with E-state index in [4.69, 9.17) is 4.98 Å². The Hall–Kier alpha value is -2.59. The first-order valence-corrected chi connectivity index (χ1v) is 9.73. The number of benzene rings is 2. The Kier molecular flexibility index (Phi) is 4.76. The number of rotatable bonds is 5. The van der Waals surface area contributed by atoms with Gasteiger partial charge in [0.1, 0.15) is 5.52 Å². The molecule has 0 aliphatic carbocycles. The monoisotopic (exact) mass is 359 g/mol. The number of thioether (sulfide) groups is 1. The minimum absolute atomic E-state index is 0.788. The van der Waals surface area contributed by atoms with E-state index in [0.717, 1.165) is 28.6 Å². The van der Waals surface area contributed by atoms with E-state index < -0.39 is 0 Å². The summed E-state index contributed by atoms with van der Waals surface area (Å²) in [6.07, 6.45) is 1.84. The topological polar surface area (TPSA) is 30.7 Å². The Bertz CT molecular complexity index is 1050. The third kappa shape index (κ3) is 3.51. The van der Waals surface area contributed by atoms with Crippen molar-refractivity contribution in [3.05, 3.63) is 89.1 Å². The van der Waals surface area contributed by atoms with Crippen LogP contribution in [-0.4, -0.2) is 14.5 Å². The molecule has 4 rings (SSSR count). The third-order valence-electron chi connectivity index (χ3n) is 4.51. The van der Waals surface area contributed by atoms with Gasteiger partial charge >= 0.3 is 0 Å². The fourth-order valence-electron chi connectivity index (χ4n) is 3.10. The van der Waals surface area contributed by atoms with Crippen molar-refractivity contribution in [1.29, 1.82) is 0 Å². The number of aromatic nitrogens is 3. The fourth-order valence-corrected chi connectivity index (χ4v) is 4.04. The molecule has 0 N–H and O–H groups in total. The maximum atomic E-state index is 4.84. The molecule has 2 aromatic carbocycles. The van der Waals surface area contributed by atoms with Gasteiger partial charge in [0.2, 0.25) is 0 Å². The van der Waals surface area contributed by atoms with Gasteiger partial charge in [0.05, 0.1) is 6.54 Å². The predicted molar refractivity (Wildman–Crippen MR) is 109 cm³/mol. The number of nitrogens with zero attached hydrogens (tertiary/aromatic N) is 3. The molecule has 0 atom stereocenters. The first-order chi connectivity index (χ1) is 12.7. The molecule has 130 valence electrons. The van der Waals surface area contributed by atoms with Gasteiger partial charge in [-0.25, -0.2) is 9.97 Å². The Morgan fingerprint density at radius 2 is 1.85 bits per heavy atom. The molecule has 26 heavy (non-hydrogen) atoms. The van der Waals surface area contributed by atoms with Gasteiger partial charge in [-0.05, 0) is 42.7 Å². The quantitative estimate of drug-likeness (QED) is 0.448. The Morgan fingerprint density at radius 3 is 2.69 bits per heavy atom. The standard InChI is InChI=1S/C22H21N3S/c1-16-7-5-9-18(13-16)15-26-22-24-20-11-6-12-23-21(20)25(22)14-19-10-4-3-8-17(19)2/h3-13H,14-15H2,1-2H3. The van der Waals surface area contributed by atoms with E-state index in [1.807, 2.05) is 18.3 Å². The van der Waals surface area contributed by atoms with Crippen molar-refractivity contribution in [2.24, 2.45) is 0 Å². The smallest absolute Gasteiger partial charge is 0.170 e. The lowest BCUT2D eigenvalue weighted by molar-refractivity contribution is 0.720. The average molecular weight is 359 g/mol. The van der Waals surface area contributed by atoms with Crippen molar-refractivity contribution >= 4 is 22.9 Å². The molecular weight excluding hydrogens is 338 g/mol. The van der Waals surface area contributed by atoms with Crippen LogP contribution in [0.4, 0.5) is 0 Å². The maximum Gasteiger partial charge on any atom is 0.170 e. The normalized spacial score (nSPS) is 11.2. The zero-order chi connectivity index (χ0) is 17.9. The number of fused-ring (bicyclic) bond motifs is 1. The van der Waals surface area contributed by atoms with Gasteiger partial charge in [0, 0.05) is 11.9 Å². The van der Waals surface area contributed by atoms with Gasteiger partial charge in [-0.15, -0.1) is 0 Å². The molecule has 4 heteroatoms. The largest absolute Gasteiger partial charge is 0.299 e. The summed E-state index contributed by atoms with van der Waals surface area (Å²) < 4.78 is 2.23. The lowest BCUT2D eigenvalue weighted by Gasteiger charge is -2.11. The Balaban J connectivity index is 1.68. The second-order valence-corrected chi connectivity index (χ2v) is 7.47. The molecule has 0 aliphatic rings. The summed E-state index contributed by atoms with van der Waals surface area (Å²) in [5, 5.41) is 1.02. The van der Waals surface area contributed by atoms with Gasteiger partial charge in [0.25, 0.3) is 0 Å². The van der Waals surface area contributed by atoms with Crippen LogP contribution in [0.25, 0.3) is 11.2 Å². The van der Waals surface area contributed by atoms with Gasteiger partial charge in [-0.2, -0.15) is 0 Å². The average Bonchev–Trinajstić information content (AvgIpc) is 3.00. The van der Waals surface area contributed by atoms with Crippen LogP contribution in [-0.2, 0) is 12.3 Å². The van der Waals surface area contributed by atoms with Crippen molar-refractivity contribution in [3.63, 3.8) is 0 Å². The lowest BCUT2D eigenvalue weighted by atomic mass is 10.1. The summed E-state index contributed by atoms with van der Waals surface area (Å²) in [7, 11) is 0. The van der Waals surface area contributed by atoms with Crippen LogP contribution in [0.2, 0.25) is 0 Å². The number of hydrogen-bond acceptors (Lipinski definition) is 3. The van der Waals surface area contributed by atoms with Crippen molar-refractivity contribution in [1.82, 2.24) is 14.5 Å². The Labute approximate surface area is 158 Å². The van der Waals surface area contributed by atoms with Crippen LogP contribution >= 0.6 is 11.8 Å². The lowest BCUT2D eigenvalue weighted by Crippen LogP contribution is -2.04. The molecule has 0 spiro atoms. The third-order valence-corrected chi connectivity index (χ3v) is 5.56. The molecule has 2 aromatic heterocycles. The maximum absolute atomic E-state index is 4.84. The summed E-state index contributed by atoms with van der Waals surface area (Å²) >= 11 is 1.77. The molecule has 0 radical (unpaired) electrons. The molecule has 0 saturated carbocycles. The second kappa shape index (κ2) is 7.34. The predicted octanol–water partition coefficient (Wildman–Crippen LogP) is 5.39. The van der Waals surface area contributed by atoms with Gasteiger partial charge in [0.15, 0.2) is 10.8 Å². The molecule has 2 heterocycles. The molecule has 0 bridgehead atoms. The number of imidazole rings is 1. The summed E-state index contributed by atoms with van der Waals surface area (Å²) in [6.45, 7) is 5.07. The van der Waals surface area contributed by atoms with Gasteiger partial charge in [-0.3, -0.25) is 4.57 Å². The molecule has 0 aliphatic heterocycles. The summed E-state index contributed by atoms with van der Waals surface area (Å²) in [5.41, 5.74) is 7.10. The molecule has 0 amide bonds. The van der Waals surface area contributed by atoms with Crippen LogP contribution in [0.15, 0.2) is 72.0 Å². The van der Waals surface area contributed by atoms with Gasteiger partial charge in [-0.1, -0.05) is 65.9 Å². The molecule has 3 nitrogen and oxygen atoms in total. The fraction of sp³-hybridized carbons (Fsp3) is 0.182. The highest BCUT2D eigenvalue weighted by Crippen LogP contribution is 2.27. The molecular formula is C22H21N3S. The van der Waals surface area contributed by atoms with Crippen molar-refractivity contribution in [3.8, 4) is 0 Å². The molecule has 0 fully saturated rings. The zero-order valence-corrected chi connectivity index (χ0v) is 15.8. The molecule has 4 aromatic rings. The molecule has 0 saturated heterocycles. The van der Waals surface area contributed by atoms with E-state index in [1.165, 1.54) is 22.3 Å². The minimum Gasteiger partial charge on any atom is -0.299 e. The number of hydrogen-bond donors (Lipinski definition) is 0. The van der Waals surface area contributed by atoms with Crippen molar-refractivity contribution in [2.45, 2.75) is 31.3 Å². The first-order valence-electron chi connectivity index (χ1n) is 8.75. The van der Waals surface area contributed by atoms with Crippen LogP contribution in [0.1, 0.15) is 22.3 Å². The highest BCUT2D eigenvalue weighted by atomic mass is 32.2. The van der Waals surface area contributed by atoms with E-state index in [9.17, 15) is 0 Å². The highest BCUT2D eigenvalue weighted by molar-refractivity contribution is 7.98. The van der Waals surface area contributed by atoms with Crippen molar-refractivity contribution < 1.29 is 0 Å². The van der Waals surface area contributed by atoms with E-state index in [1.54, 1.807) is 11.8 Å². The van der Waals surface area contributed by atoms with Crippen LogP contribution in [0, 0.1) is 13.8 Å². The summed E-state index contributed by atoms with van der Waals surface area (Å²) in [6, 6.07) is 21.1. The zero-order valence-electron chi connectivity index (χ0n) is 15.0. The summed E-state index contributed by atoms with van der Waals surface area (Å²) in [4.78, 5) is 9.42. The Morgan fingerprint density at radius 1 is 0.962 bits per heavy atom. The van der Waals surface area contributed by atoms with E-state index in [2.05, 4.69) is 71.9 Å². The van der Waals surface area contributed by atoms with E-state index >= 15 is 0 Å². The first kappa shape index (κ1) is 16.9. The number of pyridine rings is 1. The summed E-state index contributed by atoms with van der Waals surface area (Å²) in [5.74, 6) is 0.902.